The average molecular weight is 223 g/mol. The Hall–Kier alpha value is -2.09. The summed E-state index contributed by atoms with van der Waals surface area (Å²) in [6.45, 7) is 0. The first kappa shape index (κ1) is 10.1. The van der Waals surface area contributed by atoms with Crippen molar-refractivity contribution in [3.8, 4) is 11.1 Å². The molecule has 0 saturated carbocycles. The van der Waals surface area contributed by atoms with Crippen molar-refractivity contribution < 1.29 is 5.21 Å². The van der Waals surface area contributed by atoms with Gasteiger partial charge in [0.25, 0.3) is 0 Å². The summed E-state index contributed by atoms with van der Waals surface area (Å²) in [4.78, 5) is 0. The Labute approximate surface area is 100 Å². The van der Waals surface area contributed by atoms with Crippen molar-refractivity contribution in [3.05, 3.63) is 59.7 Å². The number of hydrogen-bond acceptors (Lipinski definition) is 2. The van der Waals surface area contributed by atoms with Gasteiger partial charge in [-0.25, -0.2) is 0 Å². The Bertz CT molecular complexity index is 537. The van der Waals surface area contributed by atoms with Crippen LogP contribution in [-0.2, 0) is 12.8 Å². The summed E-state index contributed by atoms with van der Waals surface area (Å²) < 4.78 is 0. The second kappa shape index (κ2) is 4.06. The highest BCUT2D eigenvalue weighted by Gasteiger charge is 2.17. The second-order valence-corrected chi connectivity index (χ2v) is 4.33. The Balaban J connectivity index is 2.28. The zero-order valence-electron chi connectivity index (χ0n) is 9.43. The summed E-state index contributed by atoms with van der Waals surface area (Å²) in [5.74, 6) is 0. The lowest BCUT2D eigenvalue weighted by Crippen LogP contribution is -2.05. The van der Waals surface area contributed by atoms with Crippen LogP contribution in [0.2, 0.25) is 0 Å². The van der Waals surface area contributed by atoms with Crippen LogP contribution in [0.25, 0.3) is 11.1 Å². The minimum absolute atomic E-state index is 0.724. The molecule has 0 spiro atoms. The van der Waals surface area contributed by atoms with Gasteiger partial charge in [0.1, 0.15) is 0 Å². The van der Waals surface area contributed by atoms with E-state index in [1.165, 1.54) is 22.3 Å². The molecule has 0 saturated heterocycles. The molecule has 0 aromatic heterocycles. The minimum atomic E-state index is 0.724. The van der Waals surface area contributed by atoms with Gasteiger partial charge in [-0.15, -0.1) is 0 Å². The fourth-order valence-corrected chi connectivity index (χ4v) is 2.45. The highest BCUT2D eigenvalue weighted by molar-refractivity contribution is 5.93. The fourth-order valence-electron chi connectivity index (χ4n) is 2.45. The molecular weight excluding hydrogens is 210 g/mol. The first-order valence-corrected chi connectivity index (χ1v) is 5.74. The molecule has 1 aliphatic carbocycles. The third-order valence-electron chi connectivity index (χ3n) is 3.26. The Morgan fingerprint density at radius 3 is 1.71 bits per heavy atom. The Morgan fingerprint density at radius 1 is 0.765 bits per heavy atom. The molecular formula is C15H13NO. The van der Waals surface area contributed by atoms with Gasteiger partial charge in [0.15, 0.2) is 0 Å². The lowest BCUT2D eigenvalue weighted by atomic mass is 9.97. The van der Waals surface area contributed by atoms with E-state index in [1.807, 2.05) is 12.1 Å². The fraction of sp³-hybridized carbons (Fsp3) is 0.133. The minimum Gasteiger partial charge on any atom is -0.411 e. The van der Waals surface area contributed by atoms with Crippen LogP contribution in [0.1, 0.15) is 11.1 Å². The molecule has 0 fully saturated rings. The smallest absolute Gasteiger partial charge is 0.0658 e. The number of oxime groups is 1. The maximum absolute atomic E-state index is 9.06. The van der Waals surface area contributed by atoms with E-state index in [9.17, 15) is 0 Å². The van der Waals surface area contributed by atoms with Crippen LogP contribution in [0.4, 0.5) is 0 Å². The Morgan fingerprint density at radius 2 is 1.24 bits per heavy atom. The van der Waals surface area contributed by atoms with Gasteiger partial charge in [0.05, 0.1) is 5.71 Å². The largest absolute Gasteiger partial charge is 0.411 e. The van der Waals surface area contributed by atoms with E-state index in [2.05, 4.69) is 41.6 Å². The number of rotatable bonds is 0. The van der Waals surface area contributed by atoms with E-state index in [-0.39, 0.29) is 0 Å². The molecule has 84 valence electrons. The van der Waals surface area contributed by atoms with Crippen LogP contribution < -0.4 is 0 Å². The van der Waals surface area contributed by atoms with E-state index in [1.54, 1.807) is 0 Å². The molecule has 0 heterocycles. The van der Waals surface area contributed by atoms with Crippen LogP contribution in [0.15, 0.2) is 53.7 Å². The normalized spacial score (nSPS) is 13.5. The molecule has 1 N–H and O–H groups in total. The van der Waals surface area contributed by atoms with Crippen molar-refractivity contribution in [1.82, 2.24) is 0 Å². The lowest BCUT2D eigenvalue weighted by Gasteiger charge is -2.07. The summed E-state index contributed by atoms with van der Waals surface area (Å²) in [5, 5.41) is 12.5. The maximum atomic E-state index is 9.06. The average Bonchev–Trinajstić information content (AvgIpc) is 2.55. The van der Waals surface area contributed by atoms with Gasteiger partial charge in [-0.2, -0.15) is 0 Å². The zero-order valence-corrected chi connectivity index (χ0v) is 9.43. The van der Waals surface area contributed by atoms with Gasteiger partial charge in [-0.05, 0) is 22.3 Å². The summed E-state index contributed by atoms with van der Waals surface area (Å²) in [5.41, 5.74) is 5.78. The van der Waals surface area contributed by atoms with Gasteiger partial charge in [-0.1, -0.05) is 53.7 Å². The molecule has 1 aliphatic rings. The number of nitrogens with zero attached hydrogens (tertiary/aromatic N) is 1. The number of benzene rings is 2. The van der Waals surface area contributed by atoms with Crippen molar-refractivity contribution in [2.45, 2.75) is 12.8 Å². The van der Waals surface area contributed by atoms with Gasteiger partial charge in [-0.3, -0.25) is 0 Å². The molecule has 0 bridgehead atoms. The number of hydrogen-bond donors (Lipinski definition) is 1. The first-order valence-electron chi connectivity index (χ1n) is 5.74. The molecule has 3 rings (SSSR count). The van der Waals surface area contributed by atoms with Crippen LogP contribution in [0.3, 0.4) is 0 Å². The van der Waals surface area contributed by atoms with E-state index in [0.717, 1.165) is 18.6 Å². The van der Waals surface area contributed by atoms with Gasteiger partial charge < -0.3 is 5.21 Å². The van der Waals surface area contributed by atoms with Crippen LogP contribution >= 0.6 is 0 Å². The molecule has 0 aliphatic heterocycles. The molecule has 0 radical (unpaired) electrons. The summed E-state index contributed by atoms with van der Waals surface area (Å²) >= 11 is 0. The van der Waals surface area contributed by atoms with E-state index >= 15 is 0 Å². The predicted molar refractivity (Wildman–Crippen MR) is 68.5 cm³/mol. The molecule has 17 heavy (non-hydrogen) atoms. The van der Waals surface area contributed by atoms with E-state index < -0.39 is 0 Å². The van der Waals surface area contributed by atoms with Crippen molar-refractivity contribution in [3.63, 3.8) is 0 Å². The third kappa shape index (κ3) is 1.72. The molecule has 2 aromatic carbocycles. The van der Waals surface area contributed by atoms with Crippen LogP contribution in [0.5, 0.6) is 0 Å². The van der Waals surface area contributed by atoms with Crippen molar-refractivity contribution in [1.29, 1.82) is 0 Å². The van der Waals surface area contributed by atoms with Crippen molar-refractivity contribution in [2.24, 2.45) is 5.16 Å². The third-order valence-corrected chi connectivity index (χ3v) is 3.26. The monoisotopic (exact) mass is 223 g/mol. The first-order chi connectivity index (χ1) is 8.38. The zero-order chi connectivity index (χ0) is 11.7. The van der Waals surface area contributed by atoms with Crippen molar-refractivity contribution >= 4 is 5.71 Å². The molecule has 2 aromatic rings. The van der Waals surface area contributed by atoms with Gasteiger partial charge >= 0.3 is 0 Å². The molecule has 0 atom stereocenters. The molecule has 0 amide bonds. The predicted octanol–water partition coefficient (Wildman–Crippen LogP) is 3.28. The van der Waals surface area contributed by atoms with Crippen molar-refractivity contribution in [2.75, 3.05) is 0 Å². The molecule has 2 heteroatoms. The topological polar surface area (TPSA) is 32.6 Å². The van der Waals surface area contributed by atoms with Gasteiger partial charge in [0.2, 0.25) is 0 Å². The quantitative estimate of drug-likeness (QED) is 0.539. The SMILES string of the molecule is ON=C1Cc2ccccc2-c2ccccc2C1. The molecule has 2 nitrogen and oxygen atoms in total. The Kier molecular flexibility index (Phi) is 2.41. The van der Waals surface area contributed by atoms with E-state index in [4.69, 9.17) is 5.21 Å². The van der Waals surface area contributed by atoms with Gasteiger partial charge in [0, 0.05) is 12.8 Å². The molecule has 0 unspecified atom stereocenters. The highest BCUT2D eigenvalue weighted by Crippen LogP contribution is 2.31. The summed E-state index contributed by atoms with van der Waals surface area (Å²) in [6, 6.07) is 16.6. The van der Waals surface area contributed by atoms with E-state index in [0.29, 0.717) is 0 Å². The maximum Gasteiger partial charge on any atom is 0.0658 e. The summed E-state index contributed by atoms with van der Waals surface area (Å²) in [6.07, 6.45) is 1.45. The summed E-state index contributed by atoms with van der Waals surface area (Å²) in [7, 11) is 0. The lowest BCUT2D eigenvalue weighted by molar-refractivity contribution is 0.317. The van der Waals surface area contributed by atoms with Crippen LogP contribution in [-0.4, -0.2) is 10.9 Å². The van der Waals surface area contributed by atoms with Crippen LogP contribution in [0, 0.1) is 0 Å². The number of fused-ring (bicyclic) bond motifs is 3. The standard InChI is InChI=1S/C15H13NO/c17-16-13-9-11-5-1-3-7-14(11)15-8-4-2-6-12(15)10-13/h1-8,17H,9-10H2. The second-order valence-electron chi connectivity index (χ2n) is 4.33. The highest BCUT2D eigenvalue weighted by atomic mass is 16.4.